The largest absolute Gasteiger partial charge is 0.495 e. The predicted octanol–water partition coefficient (Wildman–Crippen LogP) is 0.513. The summed E-state index contributed by atoms with van der Waals surface area (Å²) in [6, 6.07) is 5.01. The van der Waals surface area contributed by atoms with E-state index >= 15 is 0 Å². The molecule has 0 radical (unpaired) electrons. The Morgan fingerprint density at radius 1 is 1.46 bits per heavy atom. The Morgan fingerprint density at radius 2 is 2.21 bits per heavy atom. The molecule has 0 aromatic heterocycles. The van der Waals surface area contributed by atoms with E-state index in [1.165, 1.54) is 11.4 Å². The number of nitrogens with one attached hydrogen (secondary N) is 1. The molecule has 0 unspecified atom stereocenters. The van der Waals surface area contributed by atoms with Crippen molar-refractivity contribution in [2.45, 2.75) is 24.7 Å². The van der Waals surface area contributed by atoms with Crippen LogP contribution in [0, 0.1) is 12.8 Å². The number of sulfonamides is 1. The molecule has 8 heteroatoms. The molecule has 2 rings (SSSR count). The number of amides is 1. The zero-order valence-corrected chi connectivity index (χ0v) is 14.8. The molecule has 1 aliphatic rings. The van der Waals surface area contributed by atoms with E-state index in [9.17, 15) is 13.2 Å². The topological polar surface area (TPSA) is 95.9 Å². The second-order valence-electron chi connectivity index (χ2n) is 5.87. The van der Waals surface area contributed by atoms with E-state index in [1.54, 1.807) is 18.2 Å². The number of methoxy groups -OCH3 is 1. The van der Waals surface area contributed by atoms with Crippen molar-refractivity contribution < 1.29 is 23.1 Å². The molecule has 1 atom stereocenters. The van der Waals surface area contributed by atoms with Crippen LogP contribution in [0.5, 0.6) is 5.75 Å². The number of hydrogen-bond donors (Lipinski definition) is 2. The van der Waals surface area contributed by atoms with E-state index in [2.05, 4.69) is 5.32 Å². The number of rotatable bonds is 6. The van der Waals surface area contributed by atoms with Gasteiger partial charge in [0.15, 0.2) is 0 Å². The fourth-order valence-corrected chi connectivity index (χ4v) is 4.59. The maximum atomic E-state index is 13.0. The zero-order valence-electron chi connectivity index (χ0n) is 14.0. The van der Waals surface area contributed by atoms with Gasteiger partial charge in [-0.2, -0.15) is 4.31 Å². The summed E-state index contributed by atoms with van der Waals surface area (Å²) in [4.78, 5) is 12.2. The van der Waals surface area contributed by atoms with Crippen molar-refractivity contribution in [3.8, 4) is 5.75 Å². The third-order valence-electron chi connectivity index (χ3n) is 4.10. The van der Waals surface area contributed by atoms with Crippen LogP contribution in [0.2, 0.25) is 0 Å². The molecule has 0 spiro atoms. The fourth-order valence-electron chi connectivity index (χ4n) is 2.82. The highest BCUT2D eigenvalue weighted by molar-refractivity contribution is 7.89. The Morgan fingerprint density at radius 3 is 2.88 bits per heavy atom. The van der Waals surface area contributed by atoms with Gasteiger partial charge in [0.05, 0.1) is 19.6 Å². The maximum absolute atomic E-state index is 13.0. The Kier molecular flexibility index (Phi) is 6.20. The van der Waals surface area contributed by atoms with Gasteiger partial charge in [-0.3, -0.25) is 4.79 Å². The third kappa shape index (κ3) is 4.06. The van der Waals surface area contributed by atoms with Gasteiger partial charge in [-0.25, -0.2) is 8.42 Å². The van der Waals surface area contributed by atoms with E-state index in [1.807, 2.05) is 6.92 Å². The molecule has 7 nitrogen and oxygen atoms in total. The Bertz CT molecular complexity index is 690. The van der Waals surface area contributed by atoms with E-state index in [-0.39, 0.29) is 30.5 Å². The summed E-state index contributed by atoms with van der Waals surface area (Å²) in [7, 11) is -2.30. The standard InChI is InChI=1S/C16H24N2O5S/c1-12-5-6-14(23-2)15(10-12)24(21,22)18-8-3-4-13(11-18)16(20)17-7-9-19/h5-6,10,13,19H,3-4,7-9,11H2,1-2H3,(H,17,20)/t13-/m1/s1. The molecule has 0 bridgehead atoms. The van der Waals surface area contributed by atoms with Crippen LogP contribution in [0.4, 0.5) is 0 Å². The lowest BCUT2D eigenvalue weighted by Crippen LogP contribution is -2.45. The second-order valence-corrected chi connectivity index (χ2v) is 7.78. The molecule has 134 valence electrons. The SMILES string of the molecule is COc1ccc(C)cc1S(=O)(=O)N1CCC[C@@H](C(=O)NCCO)C1. The molecule has 2 N–H and O–H groups in total. The minimum atomic E-state index is -3.74. The van der Waals surface area contributed by atoms with E-state index < -0.39 is 15.9 Å². The number of carbonyl (C=O) groups excluding carboxylic acids is 1. The summed E-state index contributed by atoms with van der Waals surface area (Å²) >= 11 is 0. The lowest BCUT2D eigenvalue weighted by Gasteiger charge is -2.31. The van der Waals surface area contributed by atoms with Gasteiger partial charge in [-0.1, -0.05) is 6.07 Å². The minimum absolute atomic E-state index is 0.126. The molecule has 1 aromatic rings. The zero-order chi connectivity index (χ0) is 17.7. The van der Waals surface area contributed by atoms with Gasteiger partial charge in [0.1, 0.15) is 10.6 Å². The van der Waals surface area contributed by atoms with Gasteiger partial charge in [0, 0.05) is 19.6 Å². The maximum Gasteiger partial charge on any atom is 0.246 e. The van der Waals surface area contributed by atoms with Crippen LogP contribution in [0.25, 0.3) is 0 Å². The van der Waals surface area contributed by atoms with Crippen LogP contribution in [0.15, 0.2) is 23.1 Å². The average molecular weight is 356 g/mol. The molecular weight excluding hydrogens is 332 g/mol. The summed E-state index contributed by atoms with van der Waals surface area (Å²) in [5.74, 6) is -0.330. The van der Waals surface area contributed by atoms with Gasteiger partial charge in [-0.15, -0.1) is 0 Å². The monoisotopic (exact) mass is 356 g/mol. The van der Waals surface area contributed by atoms with Crippen molar-refractivity contribution in [2.24, 2.45) is 5.92 Å². The highest BCUT2D eigenvalue weighted by atomic mass is 32.2. The Balaban J connectivity index is 2.23. The second kappa shape index (κ2) is 7.96. The quantitative estimate of drug-likeness (QED) is 0.774. The first-order valence-corrected chi connectivity index (χ1v) is 9.37. The molecule has 1 fully saturated rings. The van der Waals surface area contributed by atoms with Crippen LogP contribution in [0.3, 0.4) is 0 Å². The molecule has 0 aliphatic carbocycles. The molecule has 1 amide bonds. The van der Waals surface area contributed by atoms with Crippen molar-refractivity contribution >= 4 is 15.9 Å². The van der Waals surface area contributed by atoms with Crippen molar-refractivity contribution in [3.05, 3.63) is 23.8 Å². The number of benzene rings is 1. The van der Waals surface area contributed by atoms with Crippen molar-refractivity contribution in [1.29, 1.82) is 0 Å². The minimum Gasteiger partial charge on any atom is -0.495 e. The molecular formula is C16H24N2O5S. The van der Waals surface area contributed by atoms with E-state index in [0.717, 1.165) is 5.56 Å². The lowest BCUT2D eigenvalue weighted by atomic mass is 9.99. The van der Waals surface area contributed by atoms with E-state index in [0.29, 0.717) is 25.1 Å². The van der Waals surface area contributed by atoms with Crippen molar-refractivity contribution in [2.75, 3.05) is 33.4 Å². The van der Waals surface area contributed by atoms with Crippen LogP contribution in [-0.4, -0.2) is 57.1 Å². The van der Waals surface area contributed by atoms with Gasteiger partial charge in [-0.05, 0) is 37.5 Å². The number of carbonyl (C=O) groups is 1. The number of aliphatic hydroxyl groups is 1. The summed E-state index contributed by atoms with van der Waals surface area (Å²) in [6.07, 6.45) is 1.25. The van der Waals surface area contributed by atoms with Crippen LogP contribution in [0.1, 0.15) is 18.4 Å². The number of aliphatic hydroxyl groups excluding tert-OH is 1. The summed E-state index contributed by atoms with van der Waals surface area (Å²) in [5.41, 5.74) is 0.823. The van der Waals surface area contributed by atoms with E-state index in [4.69, 9.17) is 9.84 Å². The van der Waals surface area contributed by atoms with Gasteiger partial charge in [0.25, 0.3) is 0 Å². The summed E-state index contributed by atoms with van der Waals surface area (Å²) in [6.45, 7) is 2.37. The molecule has 24 heavy (non-hydrogen) atoms. The highest BCUT2D eigenvalue weighted by Gasteiger charge is 2.34. The van der Waals surface area contributed by atoms with Gasteiger partial charge >= 0.3 is 0 Å². The molecule has 1 heterocycles. The van der Waals surface area contributed by atoms with Crippen LogP contribution >= 0.6 is 0 Å². The van der Waals surface area contributed by atoms with Crippen LogP contribution in [-0.2, 0) is 14.8 Å². The van der Waals surface area contributed by atoms with Crippen molar-refractivity contribution in [1.82, 2.24) is 9.62 Å². The highest BCUT2D eigenvalue weighted by Crippen LogP contribution is 2.30. The number of nitrogens with zero attached hydrogens (tertiary/aromatic N) is 1. The Labute approximate surface area is 142 Å². The first kappa shape index (κ1) is 18.7. The van der Waals surface area contributed by atoms with Crippen molar-refractivity contribution in [3.63, 3.8) is 0 Å². The summed E-state index contributed by atoms with van der Waals surface area (Å²) < 4.78 is 32.5. The first-order valence-electron chi connectivity index (χ1n) is 7.93. The normalized spacial score (nSPS) is 19.0. The molecule has 1 aliphatic heterocycles. The number of piperidine rings is 1. The predicted molar refractivity (Wildman–Crippen MR) is 89.3 cm³/mol. The van der Waals surface area contributed by atoms with Crippen LogP contribution < -0.4 is 10.1 Å². The number of hydrogen-bond acceptors (Lipinski definition) is 5. The van der Waals surface area contributed by atoms with Gasteiger partial charge < -0.3 is 15.2 Å². The number of ether oxygens (including phenoxy) is 1. The smallest absolute Gasteiger partial charge is 0.246 e. The molecule has 1 aromatic carbocycles. The molecule has 1 saturated heterocycles. The Hall–Kier alpha value is -1.64. The lowest BCUT2D eigenvalue weighted by molar-refractivity contribution is -0.126. The summed E-state index contributed by atoms with van der Waals surface area (Å²) in [5, 5.41) is 11.4. The molecule has 0 saturated carbocycles. The average Bonchev–Trinajstić information content (AvgIpc) is 2.59. The van der Waals surface area contributed by atoms with Gasteiger partial charge in [0.2, 0.25) is 15.9 Å². The first-order chi connectivity index (χ1) is 11.4. The number of aryl methyl sites for hydroxylation is 1. The third-order valence-corrected chi connectivity index (χ3v) is 5.99. The fraction of sp³-hybridized carbons (Fsp3) is 0.562.